The molecule has 0 aliphatic carbocycles. The molecule has 1 aromatic carbocycles. The summed E-state index contributed by atoms with van der Waals surface area (Å²) in [5.74, 6) is 0. The predicted octanol–water partition coefficient (Wildman–Crippen LogP) is 4.69. The Labute approximate surface area is 123 Å². The van der Waals surface area contributed by atoms with Crippen LogP contribution in [0.4, 0.5) is 10.5 Å². The second kappa shape index (κ2) is 6.09. The van der Waals surface area contributed by atoms with Crippen molar-refractivity contribution in [1.29, 1.82) is 0 Å². The molecule has 4 heteroatoms. The van der Waals surface area contributed by atoms with Crippen LogP contribution in [0.2, 0.25) is 0 Å². The second-order valence-electron chi connectivity index (χ2n) is 5.53. The number of ether oxygens (including phenoxy) is 1. The fourth-order valence-electron chi connectivity index (χ4n) is 1.93. The predicted molar refractivity (Wildman–Crippen MR) is 83.2 cm³/mol. The molecule has 0 fully saturated rings. The van der Waals surface area contributed by atoms with Crippen molar-refractivity contribution in [2.45, 2.75) is 32.9 Å². The van der Waals surface area contributed by atoms with Crippen LogP contribution in [-0.4, -0.2) is 11.6 Å². The van der Waals surface area contributed by atoms with E-state index in [1.54, 1.807) is 16.2 Å². The van der Waals surface area contributed by atoms with Gasteiger partial charge in [-0.2, -0.15) is 11.3 Å². The van der Waals surface area contributed by atoms with Gasteiger partial charge in [-0.15, -0.1) is 0 Å². The highest BCUT2D eigenvalue weighted by molar-refractivity contribution is 7.08. The molecule has 106 valence electrons. The first-order chi connectivity index (χ1) is 9.48. The first-order valence-electron chi connectivity index (χ1n) is 6.51. The normalized spacial score (nSPS) is 11.2. The first-order valence-corrected chi connectivity index (χ1v) is 7.46. The van der Waals surface area contributed by atoms with Crippen molar-refractivity contribution in [2.24, 2.45) is 0 Å². The van der Waals surface area contributed by atoms with Crippen molar-refractivity contribution in [3.05, 3.63) is 52.7 Å². The number of hydrogen-bond acceptors (Lipinski definition) is 3. The number of benzene rings is 1. The summed E-state index contributed by atoms with van der Waals surface area (Å²) in [7, 11) is 0. The van der Waals surface area contributed by atoms with Gasteiger partial charge >= 0.3 is 6.09 Å². The SMILES string of the molecule is CC(C)(C)N(C(=O)OCc1ccccc1)c1ccsc1. The van der Waals surface area contributed by atoms with Crippen LogP contribution in [0.1, 0.15) is 26.3 Å². The lowest BCUT2D eigenvalue weighted by molar-refractivity contribution is 0.142. The molecular formula is C16H19NO2S. The lowest BCUT2D eigenvalue weighted by atomic mass is 10.1. The molecule has 0 aliphatic heterocycles. The van der Waals surface area contributed by atoms with Crippen LogP contribution < -0.4 is 4.90 Å². The van der Waals surface area contributed by atoms with Crippen LogP contribution in [0, 0.1) is 0 Å². The second-order valence-corrected chi connectivity index (χ2v) is 6.31. The number of hydrogen-bond donors (Lipinski definition) is 0. The highest BCUT2D eigenvalue weighted by atomic mass is 32.1. The van der Waals surface area contributed by atoms with E-state index in [0.29, 0.717) is 0 Å². The van der Waals surface area contributed by atoms with Crippen molar-refractivity contribution in [2.75, 3.05) is 4.90 Å². The number of anilines is 1. The summed E-state index contributed by atoms with van der Waals surface area (Å²) in [6, 6.07) is 11.6. The number of carbonyl (C=O) groups is 1. The minimum atomic E-state index is -0.325. The van der Waals surface area contributed by atoms with E-state index in [9.17, 15) is 4.79 Å². The van der Waals surface area contributed by atoms with E-state index in [4.69, 9.17) is 4.74 Å². The van der Waals surface area contributed by atoms with E-state index in [0.717, 1.165) is 11.3 Å². The number of thiophene rings is 1. The maximum atomic E-state index is 12.4. The molecule has 0 saturated carbocycles. The van der Waals surface area contributed by atoms with Crippen LogP contribution in [-0.2, 0) is 11.3 Å². The topological polar surface area (TPSA) is 29.5 Å². The average molecular weight is 289 g/mol. The quantitative estimate of drug-likeness (QED) is 0.820. The van der Waals surface area contributed by atoms with Gasteiger partial charge in [0.15, 0.2) is 0 Å². The van der Waals surface area contributed by atoms with E-state index >= 15 is 0 Å². The molecule has 1 aromatic heterocycles. The molecule has 1 amide bonds. The largest absolute Gasteiger partial charge is 0.444 e. The summed E-state index contributed by atoms with van der Waals surface area (Å²) in [6.45, 7) is 6.27. The van der Waals surface area contributed by atoms with Gasteiger partial charge in [0.25, 0.3) is 0 Å². The number of nitrogens with zero attached hydrogens (tertiary/aromatic N) is 1. The zero-order valence-electron chi connectivity index (χ0n) is 12.0. The van der Waals surface area contributed by atoms with Crippen LogP contribution in [0.5, 0.6) is 0 Å². The van der Waals surface area contributed by atoms with Gasteiger partial charge in [0, 0.05) is 10.9 Å². The summed E-state index contributed by atoms with van der Waals surface area (Å²) < 4.78 is 5.43. The standard InChI is InChI=1S/C16H19NO2S/c1-16(2,3)17(14-9-10-20-12-14)15(18)19-11-13-7-5-4-6-8-13/h4-10,12H,11H2,1-3H3. The molecule has 0 unspecified atom stereocenters. The molecule has 2 aromatic rings. The molecule has 0 aliphatic rings. The van der Waals surface area contributed by atoms with Crippen molar-refractivity contribution < 1.29 is 9.53 Å². The van der Waals surface area contributed by atoms with Gasteiger partial charge in [-0.05, 0) is 37.8 Å². The van der Waals surface area contributed by atoms with E-state index < -0.39 is 0 Å². The Balaban J connectivity index is 2.08. The lowest BCUT2D eigenvalue weighted by Crippen LogP contribution is -2.46. The summed E-state index contributed by atoms with van der Waals surface area (Å²) in [5.41, 5.74) is 1.54. The molecule has 3 nitrogen and oxygen atoms in total. The third-order valence-corrected chi connectivity index (χ3v) is 3.49. The van der Waals surface area contributed by atoms with Gasteiger partial charge in [0.05, 0.1) is 5.69 Å². The molecule has 2 rings (SSSR count). The van der Waals surface area contributed by atoms with E-state index in [1.807, 2.05) is 67.9 Å². The Bertz CT molecular complexity index is 544. The van der Waals surface area contributed by atoms with Crippen molar-refractivity contribution in [3.63, 3.8) is 0 Å². The van der Waals surface area contributed by atoms with Gasteiger partial charge in [0.1, 0.15) is 6.61 Å². The van der Waals surface area contributed by atoms with Gasteiger partial charge in [-0.3, -0.25) is 4.90 Å². The Morgan fingerprint density at radius 2 is 1.90 bits per heavy atom. The highest BCUT2D eigenvalue weighted by Crippen LogP contribution is 2.27. The molecule has 0 spiro atoms. The minimum absolute atomic E-state index is 0.288. The van der Waals surface area contributed by atoms with Crippen molar-refractivity contribution in [1.82, 2.24) is 0 Å². The zero-order valence-corrected chi connectivity index (χ0v) is 12.8. The summed E-state index contributed by atoms with van der Waals surface area (Å²) >= 11 is 1.57. The number of rotatable bonds is 3. The lowest BCUT2D eigenvalue weighted by Gasteiger charge is -2.33. The number of carbonyl (C=O) groups excluding carboxylic acids is 1. The fraction of sp³-hybridized carbons (Fsp3) is 0.312. The average Bonchev–Trinajstić information content (AvgIpc) is 2.89. The van der Waals surface area contributed by atoms with Crippen LogP contribution in [0.3, 0.4) is 0 Å². The van der Waals surface area contributed by atoms with Crippen molar-refractivity contribution >= 4 is 23.1 Å². The first kappa shape index (κ1) is 14.6. The Kier molecular flexibility index (Phi) is 4.45. The third-order valence-electron chi connectivity index (χ3n) is 2.82. The van der Waals surface area contributed by atoms with Crippen LogP contribution in [0.25, 0.3) is 0 Å². The molecule has 1 heterocycles. The summed E-state index contributed by atoms with van der Waals surface area (Å²) in [4.78, 5) is 14.1. The molecular weight excluding hydrogens is 270 g/mol. The Morgan fingerprint density at radius 3 is 2.45 bits per heavy atom. The number of amides is 1. The van der Waals surface area contributed by atoms with Gasteiger partial charge in [-0.1, -0.05) is 30.3 Å². The molecule has 0 saturated heterocycles. The van der Waals surface area contributed by atoms with Crippen LogP contribution >= 0.6 is 11.3 Å². The van der Waals surface area contributed by atoms with Gasteiger partial charge in [0.2, 0.25) is 0 Å². The maximum Gasteiger partial charge on any atom is 0.415 e. The molecule has 0 radical (unpaired) electrons. The maximum absolute atomic E-state index is 12.4. The Hall–Kier alpha value is -1.81. The van der Waals surface area contributed by atoms with Gasteiger partial charge < -0.3 is 4.74 Å². The van der Waals surface area contributed by atoms with E-state index in [-0.39, 0.29) is 18.2 Å². The summed E-state index contributed by atoms with van der Waals surface area (Å²) in [5, 5.41) is 3.91. The highest BCUT2D eigenvalue weighted by Gasteiger charge is 2.29. The molecule has 20 heavy (non-hydrogen) atoms. The summed E-state index contributed by atoms with van der Waals surface area (Å²) in [6.07, 6.45) is -0.320. The smallest absolute Gasteiger partial charge is 0.415 e. The molecule has 0 N–H and O–H groups in total. The van der Waals surface area contributed by atoms with E-state index in [1.165, 1.54) is 0 Å². The fourth-order valence-corrected chi connectivity index (χ4v) is 2.55. The minimum Gasteiger partial charge on any atom is -0.444 e. The van der Waals surface area contributed by atoms with E-state index in [2.05, 4.69) is 0 Å². The zero-order chi connectivity index (χ0) is 14.6. The van der Waals surface area contributed by atoms with Crippen molar-refractivity contribution in [3.8, 4) is 0 Å². The third kappa shape index (κ3) is 3.61. The van der Waals surface area contributed by atoms with Crippen LogP contribution in [0.15, 0.2) is 47.2 Å². The van der Waals surface area contributed by atoms with Gasteiger partial charge in [-0.25, -0.2) is 4.79 Å². The Morgan fingerprint density at radius 1 is 1.20 bits per heavy atom. The monoisotopic (exact) mass is 289 g/mol. The molecule has 0 bridgehead atoms. The molecule has 0 atom stereocenters.